The van der Waals surface area contributed by atoms with Crippen molar-refractivity contribution >= 4 is 11.6 Å². The van der Waals surface area contributed by atoms with Crippen LogP contribution in [0.1, 0.15) is 19.8 Å². The molecule has 0 radical (unpaired) electrons. The Hall–Kier alpha value is -1.55. The van der Waals surface area contributed by atoms with Crippen molar-refractivity contribution in [3.63, 3.8) is 0 Å². The molecule has 0 bridgehead atoms. The number of hydrogen-bond acceptors (Lipinski definition) is 3. The molecular weight excluding hydrogens is 216 g/mol. The summed E-state index contributed by atoms with van der Waals surface area (Å²) in [7, 11) is 0. The van der Waals surface area contributed by atoms with Gasteiger partial charge >= 0.3 is 0 Å². The average Bonchev–Trinajstić information content (AvgIpc) is 2.78. The average molecular weight is 234 g/mol. The van der Waals surface area contributed by atoms with Crippen molar-refractivity contribution in [2.24, 2.45) is 5.41 Å². The first kappa shape index (κ1) is 11.9. The van der Waals surface area contributed by atoms with Crippen LogP contribution in [0, 0.1) is 5.41 Å². The third kappa shape index (κ3) is 2.42. The molecule has 0 aliphatic carbocycles. The fourth-order valence-corrected chi connectivity index (χ4v) is 2.25. The number of hydrogen-bond donors (Lipinski definition) is 3. The Balaban J connectivity index is 2.10. The highest BCUT2D eigenvalue weighted by Crippen LogP contribution is 2.31. The molecule has 17 heavy (non-hydrogen) atoms. The van der Waals surface area contributed by atoms with Gasteiger partial charge in [-0.05, 0) is 31.5 Å². The van der Waals surface area contributed by atoms with Crippen molar-refractivity contribution in [2.75, 3.05) is 18.4 Å². The quantitative estimate of drug-likeness (QED) is 0.746. The van der Waals surface area contributed by atoms with E-state index in [1.807, 2.05) is 6.92 Å². The van der Waals surface area contributed by atoms with E-state index in [2.05, 4.69) is 10.6 Å². The first-order valence-corrected chi connectivity index (χ1v) is 5.97. The maximum absolute atomic E-state index is 12.2. The summed E-state index contributed by atoms with van der Waals surface area (Å²) in [6.07, 6.45) is 1.69. The van der Waals surface area contributed by atoms with Crippen LogP contribution in [0.3, 0.4) is 0 Å². The third-order valence-electron chi connectivity index (χ3n) is 3.51. The highest BCUT2D eigenvalue weighted by atomic mass is 16.3. The minimum Gasteiger partial charge on any atom is -0.508 e. The van der Waals surface area contributed by atoms with Crippen molar-refractivity contribution in [2.45, 2.75) is 19.8 Å². The summed E-state index contributed by atoms with van der Waals surface area (Å²) < 4.78 is 0. The summed E-state index contributed by atoms with van der Waals surface area (Å²) in [4.78, 5) is 12.2. The summed E-state index contributed by atoms with van der Waals surface area (Å²) in [6.45, 7) is 3.66. The van der Waals surface area contributed by atoms with Gasteiger partial charge in [0.2, 0.25) is 5.91 Å². The second-order valence-electron chi connectivity index (χ2n) is 4.57. The molecule has 1 aromatic rings. The molecule has 92 valence electrons. The number of rotatable bonds is 3. The highest BCUT2D eigenvalue weighted by molar-refractivity contribution is 5.95. The van der Waals surface area contributed by atoms with Gasteiger partial charge in [0.25, 0.3) is 0 Å². The van der Waals surface area contributed by atoms with E-state index in [0.29, 0.717) is 5.69 Å². The zero-order chi connectivity index (χ0) is 12.3. The second kappa shape index (κ2) is 4.75. The molecule has 0 saturated carbocycles. The van der Waals surface area contributed by atoms with Crippen LogP contribution in [-0.4, -0.2) is 24.1 Å². The Kier molecular flexibility index (Phi) is 3.33. The Morgan fingerprint density at radius 2 is 2.41 bits per heavy atom. The lowest BCUT2D eigenvalue weighted by molar-refractivity contribution is -0.124. The first-order valence-electron chi connectivity index (χ1n) is 5.97. The third-order valence-corrected chi connectivity index (χ3v) is 3.51. The van der Waals surface area contributed by atoms with E-state index >= 15 is 0 Å². The fourth-order valence-electron chi connectivity index (χ4n) is 2.25. The fraction of sp³-hybridized carbons (Fsp3) is 0.462. The lowest BCUT2D eigenvalue weighted by atomic mass is 9.83. The van der Waals surface area contributed by atoms with Gasteiger partial charge in [-0.15, -0.1) is 0 Å². The summed E-state index contributed by atoms with van der Waals surface area (Å²) in [5.41, 5.74) is 0.348. The molecule has 1 amide bonds. The number of carbonyl (C=O) groups excluding carboxylic acids is 1. The lowest BCUT2D eigenvalue weighted by Crippen LogP contribution is -2.37. The number of carbonyl (C=O) groups is 1. The summed E-state index contributed by atoms with van der Waals surface area (Å²) in [5, 5.41) is 15.5. The van der Waals surface area contributed by atoms with E-state index < -0.39 is 0 Å². The van der Waals surface area contributed by atoms with Crippen molar-refractivity contribution in [3.05, 3.63) is 24.3 Å². The second-order valence-corrected chi connectivity index (χ2v) is 4.57. The van der Waals surface area contributed by atoms with E-state index in [-0.39, 0.29) is 17.1 Å². The van der Waals surface area contributed by atoms with Gasteiger partial charge in [-0.25, -0.2) is 0 Å². The molecule has 1 unspecified atom stereocenters. The molecule has 4 heteroatoms. The van der Waals surface area contributed by atoms with Gasteiger partial charge in [-0.2, -0.15) is 0 Å². The number of benzene rings is 1. The molecule has 4 nitrogen and oxygen atoms in total. The molecule has 1 saturated heterocycles. The van der Waals surface area contributed by atoms with Gasteiger partial charge in [-0.3, -0.25) is 4.79 Å². The minimum absolute atomic E-state index is 0.0376. The number of amides is 1. The van der Waals surface area contributed by atoms with Crippen LogP contribution in [-0.2, 0) is 4.79 Å². The van der Waals surface area contributed by atoms with Gasteiger partial charge in [0, 0.05) is 18.3 Å². The Morgan fingerprint density at radius 1 is 1.59 bits per heavy atom. The Morgan fingerprint density at radius 3 is 3.00 bits per heavy atom. The molecule has 0 aromatic heterocycles. The molecule has 1 heterocycles. The van der Waals surface area contributed by atoms with Crippen LogP contribution in [0.2, 0.25) is 0 Å². The SMILES string of the molecule is CCC1(C(=O)Nc2cccc(O)c2)CCNC1. The van der Waals surface area contributed by atoms with Crippen molar-refractivity contribution < 1.29 is 9.90 Å². The van der Waals surface area contributed by atoms with Crippen molar-refractivity contribution in [1.82, 2.24) is 5.32 Å². The molecule has 2 rings (SSSR count). The zero-order valence-corrected chi connectivity index (χ0v) is 9.99. The van der Waals surface area contributed by atoms with Gasteiger partial charge in [0.05, 0.1) is 5.41 Å². The van der Waals surface area contributed by atoms with E-state index in [4.69, 9.17) is 0 Å². The summed E-state index contributed by atoms with van der Waals surface area (Å²) in [5.74, 6) is 0.202. The number of phenolic OH excluding ortho intramolecular Hbond substituents is 1. The normalized spacial score (nSPS) is 23.6. The lowest BCUT2D eigenvalue weighted by Gasteiger charge is -2.25. The largest absolute Gasteiger partial charge is 0.508 e. The molecule has 1 aliphatic heterocycles. The van der Waals surface area contributed by atoms with Crippen molar-refractivity contribution in [3.8, 4) is 5.75 Å². The predicted octanol–water partition coefficient (Wildman–Crippen LogP) is 1.72. The number of nitrogens with one attached hydrogen (secondary N) is 2. The van der Waals surface area contributed by atoms with Gasteiger partial charge in [-0.1, -0.05) is 13.0 Å². The predicted molar refractivity (Wildman–Crippen MR) is 66.9 cm³/mol. The maximum atomic E-state index is 12.2. The maximum Gasteiger partial charge on any atom is 0.231 e. The number of phenols is 1. The zero-order valence-electron chi connectivity index (χ0n) is 9.99. The van der Waals surface area contributed by atoms with E-state index in [1.165, 1.54) is 0 Å². The van der Waals surface area contributed by atoms with Crippen molar-refractivity contribution in [1.29, 1.82) is 0 Å². The topological polar surface area (TPSA) is 61.4 Å². The van der Waals surface area contributed by atoms with Gasteiger partial charge in [0.1, 0.15) is 5.75 Å². The monoisotopic (exact) mass is 234 g/mol. The molecule has 0 spiro atoms. The molecule has 1 aromatic carbocycles. The summed E-state index contributed by atoms with van der Waals surface area (Å²) in [6, 6.07) is 6.64. The van der Waals surface area contributed by atoms with E-state index in [0.717, 1.165) is 25.9 Å². The Labute approximate surface area is 101 Å². The minimum atomic E-state index is -0.300. The van der Waals surface area contributed by atoms with Crippen LogP contribution in [0.5, 0.6) is 5.75 Å². The smallest absolute Gasteiger partial charge is 0.231 e. The van der Waals surface area contributed by atoms with E-state index in [9.17, 15) is 9.90 Å². The molecule has 1 fully saturated rings. The van der Waals surface area contributed by atoms with E-state index in [1.54, 1.807) is 24.3 Å². The molecule has 3 N–H and O–H groups in total. The van der Waals surface area contributed by atoms with Crippen LogP contribution >= 0.6 is 0 Å². The number of aromatic hydroxyl groups is 1. The first-order chi connectivity index (χ1) is 8.16. The van der Waals surface area contributed by atoms with Crippen LogP contribution in [0.4, 0.5) is 5.69 Å². The van der Waals surface area contributed by atoms with Gasteiger partial charge < -0.3 is 15.7 Å². The highest BCUT2D eigenvalue weighted by Gasteiger charge is 2.39. The molecular formula is C13H18N2O2. The van der Waals surface area contributed by atoms with Crippen LogP contribution < -0.4 is 10.6 Å². The number of anilines is 1. The molecule has 1 aliphatic rings. The van der Waals surface area contributed by atoms with Gasteiger partial charge in [0.15, 0.2) is 0 Å². The molecule has 1 atom stereocenters. The Bertz CT molecular complexity index is 412. The van der Waals surface area contributed by atoms with Crippen LogP contribution in [0.15, 0.2) is 24.3 Å². The summed E-state index contributed by atoms with van der Waals surface area (Å²) >= 11 is 0. The standard InChI is InChI=1S/C13H18N2O2/c1-2-13(6-7-14-9-13)12(17)15-10-4-3-5-11(16)8-10/h3-5,8,14,16H,2,6-7,9H2,1H3,(H,15,17). The van der Waals surface area contributed by atoms with Crippen LogP contribution in [0.25, 0.3) is 0 Å².